The van der Waals surface area contributed by atoms with Gasteiger partial charge < -0.3 is 9.15 Å². The summed E-state index contributed by atoms with van der Waals surface area (Å²) in [5.41, 5.74) is 1.52. The third-order valence-corrected chi connectivity index (χ3v) is 5.55. The number of ether oxygens (including phenoxy) is 1. The maximum absolute atomic E-state index is 13.0. The molecule has 0 unspecified atom stereocenters. The van der Waals surface area contributed by atoms with Crippen LogP contribution in [0.1, 0.15) is 26.3 Å². The highest BCUT2D eigenvalue weighted by atomic mass is 32.1. The first kappa shape index (κ1) is 18.4. The lowest BCUT2D eigenvalue weighted by molar-refractivity contribution is -0.143. The second-order valence-corrected chi connectivity index (χ2v) is 8.70. The minimum absolute atomic E-state index is 0.155. The number of hydrogen-bond acceptors (Lipinski definition) is 6. The molecular formula is C22H19NO4S. The van der Waals surface area contributed by atoms with E-state index in [2.05, 4.69) is 4.98 Å². The Morgan fingerprint density at radius 3 is 2.61 bits per heavy atom. The van der Waals surface area contributed by atoms with Gasteiger partial charge in [-0.05, 0) is 52.0 Å². The first-order valence-corrected chi connectivity index (χ1v) is 9.70. The monoisotopic (exact) mass is 393 g/mol. The van der Waals surface area contributed by atoms with Crippen LogP contribution in [0, 0.1) is 12.3 Å². The third-order valence-electron chi connectivity index (χ3n) is 4.48. The molecule has 0 amide bonds. The molecule has 0 saturated heterocycles. The summed E-state index contributed by atoms with van der Waals surface area (Å²) in [6, 6.07) is 11.0. The molecule has 0 aliphatic carbocycles. The van der Waals surface area contributed by atoms with Crippen LogP contribution < -0.4 is 10.2 Å². The van der Waals surface area contributed by atoms with Gasteiger partial charge in [0.2, 0.25) is 5.43 Å². The molecular weight excluding hydrogens is 374 g/mol. The molecule has 0 fully saturated rings. The molecule has 0 radical (unpaired) electrons. The van der Waals surface area contributed by atoms with E-state index in [1.807, 2.05) is 24.3 Å². The molecule has 0 aliphatic rings. The van der Waals surface area contributed by atoms with Crippen molar-refractivity contribution in [3.05, 3.63) is 58.4 Å². The number of fused-ring (bicyclic) bond motifs is 2. The predicted molar refractivity (Wildman–Crippen MR) is 111 cm³/mol. The van der Waals surface area contributed by atoms with Crippen LogP contribution in [0.3, 0.4) is 0 Å². The molecule has 0 N–H and O–H groups in total. The van der Waals surface area contributed by atoms with Gasteiger partial charge in [-0.15, -0.1) is 11.3 Å². The Bertz CT molecular complexity index is 1240. The number of aromatic nitrogens is 1. The van der Waals surface area contributed by atoms with Gasteiger partial charge in [0.05, 0.1) is 26.6 Å². The predicted octanol–water partition coefficient (Wildman–Crippen LogP) is 5.33. The number of benzene rings is 2. The molecule has 2 heterocycles. The molecule has 2 aromatic carbocycles. The van der Waals surface area contributed by atoms with Crippen LogP contribution >= 0.6 is 11.3 Å². The van der Waals surface area contributed by atoms with E-state index in [4.69, 9.17) is 9.15 Å². The Labute approximate surface area is 165 Å². The summed E-state index contributed by atoms with van der Waals surface area (Å²) in [5, 5.41) is 1.06. The Morgan fingerprint density at radius 1 is 1.14 bits per heavy atom. The fraction of sp³-hybridized carbons (Fsp3) is 0.227. The van der Waals surface area contributed by atoms with Gasteiger partial charge in [-0.25, -0.2) is 4.98 Å². The summed E-state index contributed by atoms with van der Waals surface area (Å²) < 4.78 is 12.3. The largest absolute Gasteiger partial charge is 0.463 e. The van der Waals surface area contributed by atoms with Crippen LogP contribution in [0.2, 0.25) is 0 Å². The zero-order valence-corrected chi connectivity index (χ0v) is 16.8. The maximum atomic E-state index is 13.0. The van der Waals surface area contributed by atoms with E-state index in [0.717, 1.165) is 10.2 Å². The zero-order valence-electron chi connectivity index (χ0n) is 16.0. The molecule has 6 heteroatoms. The summed E-state index contributed by atoms with van der Waals surface area (Å²) in [5.74, 6) is 0.0479. The van der Waals surface area contributed by atoms with Crippen molar-refractivity contribution in [2.24, 2.45) is 5.41 Å². The van der Waals surface area contributed by atoms with Gasteiger partial charge in [-0.2, -0.15) is 0 Å². The van der Waals surface area contributed by atoms with E-state index in [9.17, 15) is 9.59 Å². The third kappa shape index (κ3) is 3.10. The van der Waals surface area contributed by atoms with Crippen molar-refractivity contribution in [2.45, 2.75) is 27.7 Å². The number of carbonyl (C=O) groups is 1. The Kier molecular flexibility index (Phi) is 4.31. The Hall–Kier alpha value is -2.99. The quantitative estimate of drug-likeness (QED) is 0.340. The van der Waals surface area contributed by atoms with Crippen LogP contribution in [0.15, 0.2) is 51.9 Å². The summed E-state index contributed by atoms with van der Waals surface area (Å²) >= 11 is 1.45. The first-order valence-electron chi connectivity index (χ1n) is 8.89. The summed E-state index contributed by atoms with van der Waals surface area (Å²) in [6.45, 7) is 7.14. The standard InChI is InChI=1S/C22H19NO4S/c1-12-16(27-21(25)22(2,3)4)10-9-13-18(24)14(11-26-19(12)13)20-23-15-7-5-6-8-17(15)28-20/h5-11H,1-4H3. The molecule has 4 rings (SSSR count). The van der Waals surface area contributed by atoms with E-state index < -0.39 is 5.41 Å². The fourth-order valence-electron chi connectivity index (χ4n) is 2.82. The zero-order chi connectivity index (χ0) is 20.1. The number of hydrogen-bond donors (Lipinski definition) is 0. The number of nitrogens with zero attached hydrogens (tertiary/aromatic N) is 1. The molecule has 0 atom stereocenters. The molecule has 0 saturated carbocycles. The molecule has 4 aromatic rings. The molecule has 0 aliphatic heterocycles. The number of aryl methyl sites for hydroxylation is 1. The van der Waals surface area contributed by atoms with Gasteiger partial charge in [0.15, 0.2) is 0 Å². The molecule has 5 nitrogen and oxygen atoms in total. The van der Waals surface area contributed by atoms with E-state index in [1.165, 1.54) is 17.6 Å². The highest BCUT2D eigenvalue weighted by Crippen LogP contribution is 2.32. The number of para-hydroxylation sites is 1. The lowest BCUT2D eigenvalue weighted by Gasteiger charge is -2.17. The van der Waals surface area contributed by atoms with E-state index in [-0.39, 0.29) is 11.4 Å². The molecule has 2 aromatic heterocycles. The van der Waals surface area contributed by atoms with Crippen molar-refractivity contribution < 1.29 is 13.9 Å². The minimum Gasteiger partial charge on any atom is -0.463 e. The minimum atomic E-state index is -0.626. The highest BCUT2D eigenvalue weighted by Gasteiger charge is 2.25. The fourth-order valence-corrected chi connectivity index (χ4v) is 3.79. The van der Waals surface area contributed by atoms with Gasteiger partial charge in [-0.3, -0.25) is 9.59 Å². The average Bonchev–Trinajstić information content (AvgIpc) is 3.07. The Morgan fingerprint density at radius 2 is 1.89 bits per heavy atom. The van der Waals surface area contributed by atoms with Crippen molar-refractivity contribution in [2.75, 3.05) is 0 Å². The highest BCUT2D eigenvalue weighted by molar-refractivity contribution is 7.21. The topological polar surface area (TPSA) is 69.4 Å². The van der Waals surface area contributed by atoms with Crippen molar-refractivity contribution in [3.8, 4) is 16.3 Å². The maximum Gasteiger partial charge on any atom is 0.316 e. The molecule has 142 valence electrons. The summed E-state index contributed by atoms with van der Waals surface area (Å²) in [7, 11) is 0. The van der Waals surface area contributed by atoms with Crippen LogP contribution in [0.25, 0.3) is 31.8 Å². The van der Waals surface area contributed by atoms with Gasteiger partial charge in [0.25, 0.3) is 0 Å². The van der Waals surface area contributed by atoms with Crippen molar-refractivity contribution in [3.63, 3.8) is 0 Å². The lowest BCUT2D eigenvalue weighted by Crippen LogP contribution is -2.25. The van der Waals surface area contributed by atoms with Crippen LogP contribution in [-0.4, -0.2) is 11.0 Å². The lowest BCUT2D eigenvalue weighted by atomic mass is 9.97. The van der Waals surface area contributed by atoms with Crippen molar-refractivity contribution in [1.82, 2.24) is 4.98 Å². The van der Waals surface area contributed by atoms with E-state index in [1.54, 1.807) is 39.8 Å². The van der Waals surface area contributed by atoms with Gasteiger partial charge >= 0.3 is 5.97 Å². The average molecular weight is 393 g/mol. The smallest absolute Gasteiger partial charge is 0.316 e. The number of thiazole rings is 1. The SMILES string of the molecule is Cc1c(OC(=O)C(C)(C)C)ccc2c(=O)c(-c3nc4ccccc4s3)coc12. The summed E-state index contributed by atoms with van der Waals surface area (Å²) in [4.78, 5) is 29.8. The van der Waals surface area contributed by atoms with Crippen LogP contribution in [-0.2, 0) is 4.79 Å². The van der Waals surface area contributed by atoms with Crippen molar-refractivity contribution >= 4 is 38.5 Å². The number of esters is 1. The first-order chi connectivity index (χ1) is 13.3. The summed E-state index contributed by atoms with van der Waals surface area (Å²) in [6.07, 6.45) is 1.44. The number of rotatable bonds is 2. The number of carbonyl (C=O) groups excluding carboxylic acids is 1. The molecule has 0 spiro atoms. The second kappa shape index (κ2) is 6.56. The van der Waals surface area contributed by atoms with E-state index >= 15 is 0 Å². The molecule has 28 heavy (non-hydrogen) atoms. The van der Waals surface area contributed by atoms with Crippen molar-refractivity contribution in [1.29, 1.82) is 0 Å². The van der Waals surface area contributed by atoms with Gasteiger partial charge in [0, 0.05) is 5.56 Å². The molecule has 0 bridgehead atoms. The van der Waals surface area contributed by atoms with Crippen LogP contribution in [0.4, 0.5) is 0 Å². The van der Waals surface area contributed by atoms with Gasteiger partial charge in [-0.1, -0.05) is 12.1 Å². The van der Waals surface area contributed by atoms with Crippen LogP contribution in [0.5, 0.6) is 5.75 Å². The second-order valence-electron chi connectivity index (χ2n) is 7.67. The van der Waals surface area contributed by atoms with E-state index in [0.29, 0.717) is 32.9 Å². The normalized spacial score (nSPS) is 11.9. The van der Waals surface area contributed by atoms with Gasteiger partial charge in [0.1, 0.15) is 22.6 Å². The Balaban J connectivity index is 1.81.